The normalized spacial score (nSPS) is 18.8. The highest BCUT2D eigenvalue weighted by Crippen LogP contribution is 2.31. The molecular weight excluding hydrogens is 382 g/mol. The lowest BCUT2D eigenvalue weighted by Crippen LogP contribution is -2.35. The number of hydrogen-bond donors (Lipinski definition) is 0. The second-order valence-electron chi connectivity index (χ2n) is 7.95. The van der Waals surface area contributed by atoms with Crippen LogP contribution in [0.25, 0.3) is 16.7 Å². The minimum Gasteiger partial charge on any atom is -0.370 e. The first-order valence-electron chi connectivity index (χ1n) is 10.2. The van der Waals surface area contributed by atoms with Crippen molar-refractivity contribution in [3.05, 3.63) is 57.5 Å². The molecule has 6 heteroatoms. The Kier molecular flexibility index (Phi) is 5.49. The van der Waals surface area contributed by atoms with Crippen molar-refractivity contribution in [2.75, 3.05) is 5.75 Å². The van der Waals surface area contributed by atoms with E-state index in [0.29, 0.717) is 22.8 Å². The number of rotatable bonds is 5. The molecule has 1 aliphatic heterocycles. The minimum absolute atomic E-state index is 0.0726. The van der Waals surface area contributed by atoms with Crippen molar-refractivity contribution >= 4 is 22.8 Å². The summed E-state index contributed by atoms with van der Waals surface area (Å²) in [6, 6.07) is 9.92. The van der Waals surface area contributed by atoms with Gasteiger partial charge in [0.2, 0.25) is 0 Å². The highest BCUT2D eigenvalue weighted by atomic mass is 32.2. The summed E-state index contributed by atoms with van der Waals surface area (Å²) in [5, 5.41) is 1.25. The van der Waals surface area contributed by atoms with Crippen molar-refractivity contribution in [2.24, 2.45) is 0 Å². The first-order chi connectivity index (χ1) is 13.9. The van der Waals surface area contributed by atoms with Gasteiger partial charge in [0.1, 0.15) is 0 Å². The summed E-state index contributed by atoms with van der Waals surface area (Å²) in [5.74, 6) is 0.899. The van der Waals surface area contributed by atoms with Gasteiger partial charge in [0.05, 0.1) is 29.0 Å². The molecule has 2 aromatic heterocycles. The van der Waals surface area contributed by atoms with Crippen molar-refractivity contribution in [1.82, 2.24) is 14.5 Å². The Labute approximate surface area is 175 Å². The Balaban J connectivity index is 1.91. The van der Waals surface area contributed by atoms with Crippen molar-refractivity contribution in [2.45, 2.75) is 64.3 Å². The molecule has 0 N–H and O–H groups in total. The van der Waals surface area contributed by atoms with Crippen molar-refractivity contribution in [3.63, 3.8) is 0 Å². The highest BCUT2D eigenvalue weighted by Gasteiger charge is 2.31. The van der Waals surface area contributed by atoms with E-state index < -0.39 is 0 Å². The molecule has 0 fully saturated rings. The van der Waals surface area contributed by atoms with Gasteiger partial charge in [-0.1, -0.05) is 43.3 Å². The lowest BCUT2D eigenvalue weighted by atomic mass is 9.91. The summed E-state index contributed by atoms with van der Waals surface area (Å²) in [7, 11) is 0. The molecular formula is C23H27N3O2S. The molecule has 4 rings (SSSR count). The van der Waals surface area contributed by atoms with E-state index in [1.165, 1.54) is 0 Å². The predicted octanol–water partition coefficient (Wildman–Crippen LogP) is 4.83. The van der Waals surface area contributed by atoms with E-state index in [4.69, 9.17) is 14.7 Å². The number of aryl methyl sites for hydroxylation is 1. The van der Waals surface area contributed by atoms with Gasteiger partial charge in [0, 0.05) is 17.7 Å². The van der Waals surface area contributed by atoms with Gasteiger partial charge in [0.25, 0.3) is 5.56 Å². The molecule has 0 aliphatic carbocycles. The molecule has 0 unspecified atom stereocenters. The molecule has 0 bridgehead atoms. The lowest BCUT2D eigenvalue weighted by Gasteiger charge is -2.33. The lowest BCUT2D eigenvalue weighted by molar-refractivity contribution is -0.0573. The number of benzene rings is 1. The van der Waals surface area contributed by atoms with Gasteiger partial charge in [0.15, 0.2) is 10.8 Å². The SMILES string of the molecule is CCCSc1nc2nc3c(cc2c(=O)n1-c1ccc(C)cc1)CO[C@](C)(CC)C3. The fourth-order valence-electron chi connectivity index (χ4n) is 3.55. The van der Waals surface area contributed by atoms with Crippen LogP contribution in [0.4, 0.5) is 0 Å². The summed E-state index contributed by atoms with van der Waals surface area (Å²) in [6.07, 6.45) is 2.68. The molecule has 0 amide bonds. The van der Waals surface area contributed by atoms with Crippen LogP contribution < -0.4 is 5.56 Å². The van der Waals surface area contributed by atoms with Crippen LogP contribution in [-0.2, 0) is 17.8 Å². The topological polar surface area (TPSA) is 57.0 Å². The first kappa shape index (κ1) is 20.1. The third-order valence-corrected chi connectivity index (χ3v) is 6.73. The van der Waals surface area contributed by atoms with E-state index in [-0.39, 0.29) is 11.2 Å². The van der Waals surface area contributed by atoms with Gasteiger partial charge in [-0.3, -0.25) is 9.36 Å². The van der Waals surface area contributed by atoms with E-state index in [1.54, 1.807) is 16.3 Å². The average molecular weight is 410 g/mol. The van der Waals surface area contributed by atoms with Crippen molar-refractivity contribution < 1.29 is 4.74 Å². The molecule has 152 valence electrons. The van der Waals surface area contributed by atoms with E-state index in [9.17, 15) is 4.79 Å². The number of aromatic nitrogens is 3. The number of pyridine rings is 1. The molecule has 0 radical (unpaired) electrons. The van der Waals surface area contributed by atoms with Crippen LogP contribution in [0.3, 0.4) is 0 Å². The van der Waals surface area contributed by atoms with Crippen LogP contribution in [-0.4, -0.2) is 25.9 Å². The molecule has 0 spiro atoms. The molecule has 3 aromatic rings. The summed E-state index contributed by atoms with van der Waals surface area (Å²) < 4.78 is 7.78. The highest BCUT2D eigenvalue weighted by molar-refractivity contribution is 7.99. The fraction of sp³-hybridized carbons (Fsp3) is 0.435. The monoisotopic (exact) mass is 409 g/mol. The van der Waals surface area contributed by atoms with E-state index in [0.717, 1.165) is 47.5 Å². The summed E-state index contributed by atoms with van der Waals surface area (Å²) in [5.41, 5.74) is 4.25. The Morgan fingerprint density at radius 3 is 2.66 bits per heavy atom. The molecule has 1 aliphatic rings. The Hall–Kier alpha value is -2.18. The second kappa shape index (κ2) is 7.92. The smallest absolute Gasteiger partial charge is 0.268 e. The maximum atomic E-state index is 13.5. The quantitative estimate of drug-likeness (QED) is 0.446. The maximum absolute atomic E-state index is 13.5. The first-order valence-corrected chi connectivity index (χ1v) is 11.2. The molecule has 3 heterocycles. The molecule has 29 heavy (non-hydrogen) atoms. The molecule has 1 atom stereocenters. The number of thioether (sulfide) groups is 1. The molecule has 1 aromatic carbocycles. The molecule has 0 saturated carbocycles. The van der Waals surface area contributed by atoms with Gasteiger partial charge in [-0.25, -0.2) is 9.97 Å². The van der Waals surface area contributed by atoms with Gasteiger partial charge in [-0.15, -0.1) is 0 Å². The zero-order valence-corrected chi connectivity index (χ0v) is 18.3. The number of nitrogens with zero attached hydrogens (tertiary/aromatic N) is 3. The van der Waals surface area contributed by atoms with Crippen LogP contribution in [0.15, 0.2) is 40.3 Å². The number of ether oxygens (including phenoxy) is 1. The summed E-state index contributed by atoms with van der Waals surface area (Å²) >= 11 is 1.60. The van der Waals surface area contributed by atoms with Crippen molar-refractivity contribution in [1.29, 1.82) is 0 Å². The average Bonchev–Trinajstić information content (AvgIpc) is 2.72. The minimum atomic E-state index is -0.204. The van der Waals surface area contributed by atoms with Gasteiger partial charge >= 0.3 is 0 Å². The third kappa shape index (κ3) is 3.83. The van der Waals surface area contributed by atoms with Crippen LogP contribution in [0.1, 0.15) is 50.4 Å². The molecule has 0 saturated heterocycles. The van der Waals surface area contributed by atoms with E-state index in [2.05, 4.69) is 20.8 Å². The second-order valence-corrected chi connectivity index (χ2v) is 9.02. The third-order valence-electron chi connectivity index (χ3n) is 5.59. The van der Waals surface area contributed by atoms with Crippen LogP contribution in [0.2, 0.25) is 0 Å². The largest absolute Gasteiger partial charge is 0.370 e. The Morgan fingerprint density at radius 1 is 1.21 bits per heavy atom. The van der Waals surface area contributed by atoms with Crippen LogP contribution >= 0.6 is 11.8 Å². The van der Waals surface area contributed by atoms with Gasteiger partial charge < -0.3 is 4.74 Å². The maximum Gasteiger partial charge on any atom is 0.268 e. The van der Waals surface area contributed by atoms with E-state index in [1.807, 2.05) is 37.3 Å². The Bertz CT molecular complexity index is 1110. The Morgan fingerprint density at radius 2 is 1.97 bits per heavy atom. The van der Waals surface area contributed by atoms with Crippen molar-refractivity contribution in [3.8, 4) is 5.69 Å². The number of hydrogen-bond acceptors (Lipinski definition) is 5. The summed E-state index contributed by atoms with van der Waals surface area (Å²) in [4.78, 5) is 23.1. The fourth-order valence-corrected chi connectivity index (χ4v) is 4.40. The number of fused-ring (bicyclic) bond motifs is 2. The predicted molar refractivity (Wildman–Crippen MR) is 118 cm³/mol. The zero-order valence-electron chi connectivity index (χ0n) is 17.5. The van der Waals surface area contributed by atoms with Crippen LogP contribution in [0.5, 0.6) is 0 Å². The van der Waals surface area contributed by atoms with E-state index >= 15 is 0 Å². The van der Waals surface area contributed by atoms with Gasteiger partial charge in [-0.05, 0) is 44.9 Å². The summed E-state index contributed by atoms with van der Waals surface area (Å²) in [6.45, 7) is 8.90. The van der Waals surface area contributed by atoms with Gasteiger partial charge in [-0.2, -0.15) is 0 Å². The zero-order chi connectivity index (χ0) is 20.6. The standard InChI is InChI=1S/C23H27N3O2S/c1-5-11-29-22-25-20-18(21(27)26(22)17-9-7-15(3)8-10-17)12-16-14-28-23(4,6-2)13-19(16)24-20/h7-10,12H,5-6,11,13-14H2,1-4H3/t23-/m1/s1. The van der Waals surface area contributed by atoms with Crippen LogP contribution in [0, 0.1) is 6.92 Å². The molecule has 5 nitrogen and oxygen atoms in total.